The molecule has 1 N–H and O–H groups in total. The van der Waals surface area contributed by atoms with Gasteiger partial charge in [-0.25, -0.2) is 0 Å². The van der Waals surface area contributed by atoms with Crippen molar-refractivity contribution in [1.82, 2.24) is 0 Å². The highest BCUT2D eigenvalue weighted by Crippen LogP contribution is 2.26. The van der Waals surface area contributed by atoms with E-state index in [0.717, 1.165) is 12.1 Å². The molecule has 1 aromatic rings. The third-order valence-corrected chi connectivity index (χ3v) is 4.36. The molecule has 98 valence electrons. The molecular formula is C12H15NO4S. The molecule has 5 nitrogen and oxygen atoms in total. The highest BCUT2D eigenvalue weighted by molar-refractivity contribution is 7.86. The van der Waals surface area contributed by atoms with Crippen molar-refractivity contribution in [2.75, 3.05) is 11.4 Å². The topological polar surface area (TPSA) is 74.7 Å². The molecule has 6 heteroatoms. The Labute approximate surface area is 106 Å². The van der Waals surface area contributed by atoms with Gasteiger partial charge in [0.15, 0.2) is 0 Å². The summed E-state index contributed by atoms with van der Waals surface area (Å²) in [6.45, 7) is 2.12. The van der Waals surface area contributed by atoms with E-state index >= 15 is 0 Å². The maximum absolute atomic E-state index is 11.5. The fourth-order valence-corrected chi connectivity index (χ4v) is 2.52. The first-order valence-corrected chi connectivity index (χ1v) is 7.26. The first-order chi connectivity index (χ1) is 8.39. The quantitative estimate of drug-likeness (QED) is 0.848. The van der Waals surface area contributed by atoms with E-state index in [-0.39, 0.29) is 5.91 Å². The maximum atomic E-state index is 11.5. The number of amides is 1. The number of carbonyl (C=O) groups is 1. The average molecular weight is 269 g/mol. The van der Waals surface area contributed by atoms with Gasteiger partial charge in [0.2, 0.25) is 5.91 Å². The zero-order chi connectivity index (χ0) is 13.3. The molecule has 0 aromatic heterocycles. The van der Waals surface area contributed by atoms with E-state index in [1.807, 2.05) is 0 Å². The molecule has 1 aliphatic rings. The minimum atomic E-state index is -4.08. The number of nitrogens with zero attached hydrogens (tertiary/aromatic N) is 1. The second kappa shape index (κ2) is 4.70. The van der Waals surface area contributed by atoms with E-state index < -0.39 is 15.4 Å². The van der Waals surface area contributed by atoms with Crippen molar-refractivity contribution < 1.29 is 17.8 Å². The number of carbonyl (C=O) groups excluding carboxylic acids is 1. The number of rotatable bonds is 3. The molecule has 1 aliphatic heterocycles. The van der Waals surface area contributed by atoms with Crippen LogP contribution in [-0.4, -0.2) is 25.4 Å². The molecule has 1 heterocycles. The molecule has 1 fully saturated rings. The highest BCUT2D eigenvalue weighted by Gasteiger charge is 2.23. The summed E-state index contributed by atoms with van der Waals surface area (Å²) in [6, 6.07) is 6.67. The van der Waals surface area contributed by atoms with Crippen molar-refractivity contribution in [3.63, 3.8) is 0 Å². The summed E-state index contributed by atoms with van der Waals surface area (Å²) >= 11 is 0. The third kappa shape index (κ3) is 2.54. The minimum absolute atomic E-state index is 0.0885. The monoisotopic (exact) mass is 269 g/mol. The van der Waals surface area contributed by atoms with Crippen LogP contribution in [-0.2, 0) is 14.9 Å². The minimum Gasteiger partial charge on any atom is -0.312 e. The Morgan fingerprint density at radius 1 is 1.28 bits per heavy atom. The van der Waals surface area contributed by atoms with Gasteiger partial charge >= 0.3 is 0 Å². The van der Waals surface area contributed by atoms with Gasteiger partial charge in [0.05, 0.1) is 0 Å². The Kier molecular flexibility index (Phi) is 3.41. The lowest BCUT2D eigenvalue weighted by molar-refractivity contribution is -0.117. The lowest BCUT2D eigenvalue weighted by atomic mass is 10.1. The van der Waals surface area contributed by atoms with Gasteiger partial charge in [0.1, 0.15) is 5.25 Å². The Bertz CT molecular complexity index is 550. The summed E-state index contributed by atoms with van der Waals surface area (Å²) in [4.78, 5) is 13.2. The number of anilines is 1. The molecule has 0 saturated carbocycles. The smallest absolute Gasteiger partial charge is 0.271 e. The second-order valence-electron chi connectivity index (χ2n) is 4.40. The van der Waals surface area contributed by atoms with Crippen molar-refractivity contribution in [3.8, 4) is 0 Å². The van der Waals surface area contributed by atoms with Crippen LogP contribution < -0.4 is 4.90 Å². The van der Waals surface area contributed by atoms with Crippen LogP contribution in [0.5, 0.6) is 0 Å². The molecule has 0 radical (unpaired) electrons. The zero-order valence-corrected chi connectivity index (χ0v) is 10.9. The molecular weight excluding hydrogens is 254 g/mol. The Hall–Kier alpha value is -1.40. The Morgan fingerprint density at radius 2 is 1.89 bits per heavy atom. The molecule has 1 atom stereocenters. The molecule has 1 saturated heterocycles. The zero-order valence-electron chi connectivity index (χ0n) is 10.0. The van der Waals surface area contributed by atoms with Gasteiger partial charge in [-0.2, -0.15) is 8.42 Å². The van der Waals surface area contributed by atoms with Gasteiger partial charge in [0.25, 0.3) is 10.1 Å². The van der Waals surface area contributed by atoms with E-state index in [0.29, 0.717) is 18.5 Å². The first kappa shape index (κ1) is 13.0. The molecule has 0 unspecified atom stereocenters. The van der Waals surface area contributed by atoms with Gasteiger partial charge in [-0.3, -0.25) is 9.35 Å². The van der Waals surface area contributed by atoms with Crippen molar-refractivity contribution >= 4 is 21.7 Å². The summed E-state index contributed by atoms with van der Waals surface area (Å²) in [6.07, 6.45) is 1.41. The molecule has 2 rings (SSSR count). The van der Waals surface area contributed by atoms with Crippen LogP contribution in [0.4, 0.5) is 5.69 Å². The highest BCUT2D eigenvalue weighted by atomic mass is 32.2. The summed E-state index contributed by atoms with van der Waals surface area (Å²) in [5, 5.41) is -0.958. The predicted octanol–water partition coefficient (Wildman–Crippen LogP) is 1.76. The normalized spacial score (nSPS) is 18.1. The number of benzene rings is 1. The Balaban J connectivity index is 2.23. The van der Waals surface area contributed by atoms with Crippen LogP contribution in [0.15, 0.2) is 24.3 Å². The van der Waals surface area contributed by atoms with E-state index in [1.165, 1.54) is 6.92 Å². The van der Waals surface area contributed by atoms with E-state index in [1.54, 1.807) is 29.2 Å². The van der Waals surface area contributed by atoms with Crippen LogP contribution in [0.25, 0.3) is 0 Å². The molecule has 0 bridgehead atoms. The SMILES string of the molecule is C[C@@H](c1ccc(N2CCCC2=O)cc1)S(=O)(=O)O. The first-order valence-electron chi connectivity index (χ1n) is 5.76. The molecule has 0 spiro atoms. The number of hydrogen-bond donors (Lipinski definition) is 1. The van der Waals surface area contributed by atoms with Gasteiger partial charge in [0, 0.05) is 18.7 Å². The summed E-state index contributed by atoms with van der Waals surface area (Å²) < 4.78 is 31.0. The summed E-state index contributed by atoms with van der Waals surface area (Å²) in [5.74, 6) is 0.0885. The van der Waals surface area contributed by atoms with Crippen molar-refractivity contribution in [2.24, 2.45) is 0 Å². The fourth-order valence-electron chi connectivity index (χ4n) is 2.02. The molecule has 18 heavy (non-hydrogen) atoms. The van der Waals surface area contributed by atoms with Crippen molar-refractivity contribution in [2.45, 2.75) is 25.0 Å². The van der Waals surface area contributed by atoms with Crippen LogP contribution in [0.3, 0.4) is 0 Å². The number of hydrogen-bond acceptors (Lipinski definition) is 3. The van der Waals surface area contributed by atoms with E-state index in [9.17, 15) is 13.2 Å². The molecule has 1 aromatic carbocycles. The van der Waals surface area contributed by atoms with Crippen LogP contribution in [0.1, 0.15) is 30.6 Å². The molecule has 1 amide bonds. The van der Waals surface area contributed by atoms with Gasteiger partial charge in [-0.15, -0.1) is 0 Å². The Morgan fingerprint density at radius 3 is 2.33 bits per heavy atom. The van der Waals surface area contributed by atoms with Crippen molar-refractivity contribution in [3.05, 3.63) is 29.8 Å². The average Bonchev–Trinajstić information content (AvgIpc) is 2.73. The standard InChI is InChI=1S/C12H15NO4S/c1-9(18(15,16)17)10-4-6-11(7-5-10)13-8-2-3-12(13)14/h4-7,9H,2-3,8H2,1H3,(H,15,16,17)/t9-/m0/s1. The van der Waals surface area contributed by atoms with Gasteiger partial charge < -0.3 is 4.90 Å². The van der Waals surface area contributed by atoms with Crippen molar-refractivity contribution in [1.29, 1.82) is 0 Å². The largest absolute Gasteiger partial charge is 0.312 e. The lowest BCUT2D eigenvalue weighted by Crippen LogP contribution is -2.23. The lowest BCUT2D eigenvalue weighted by Gasteiger charge is -2.16. The summed E-state index contributed by atoms with van der Waals surface area (Å²) in [7, 11) is -4.08. The third-order valence-electron chi connectivity index (χ3n) is 3.19. The van der Waals surface area contributed by atoms with Crippen LogP contribution in [0.2, 0.25) is 0 Å². The van der Waals surface area contributed by atoms with Crippen LogP contribution >= 0.6 is 0 Å². The maximum Gasteiger partial charge on any atom is 0.271 e. The van der Waals surface area contributed by atoms with Gasteiger partial charge in [-0.1, -0.05) is 12.1 Å². The van der Waals surface area contributed by atoms with Gasteiger partial charge in [-0.05, 0) is 31.0 Å². The second-order valence-corrected chi connectivity index (χ2v) is 6.13. The summed E-state index contributed by atoms with van der Waals surface area (Å²) in [5.41, 5.74) is 1.27. The fraction of sp³-hybridized carbons (Fsp3) is 0.417. The molecule has 0 aliphatic carbocycles. The predicted molar refractivity (Wildman–Crippen MR) is 68.0 cm³/mol. The van der Waals surface area contributed by atoms with E-state index in [4.69, 9.17) is 4.55 Å². The van der Waals surface area contributed by atoms with E-state index in [2.05, 4.69) is 0 Å². The van der Waals surface area contributed by atoms with Crippen LogP contribution in [0, 0.1) is 0 Å².